The molecule has 0 aromatic carbocycles. The molecule has 9 nitrogen and oxygen atoms in total. The molecule has 0 heterocycles. The predicted octanol–water partition coefficient (Wildman–Crippen LogP) is 4.11. The van der Waals surface area contributed by atoms with Gasteiger partial charge in [0.2, 0.25) is 0 Å². The van der Waals surface area contributed by atoms with E-state index in [2.05, 4.69) is 0 Å². The first kappa shape index (κ1) is 32.0. The van der Waals surface area contributed by atoms with E-state index in [1.165, 1.54) is 18.2 Å². The molecular weight excluding hydrogens is 461 g/mol. The van der Waals surface area contributed by atoms with Gasteiger partial charge in [-0.1, -0.05) is 63.1 Å². The molecule has 2 unspecified atom stereocenters. The molecule has 0 saturated heterocycles. The topological polar surface area (TPSA) is 108 Å². The van der Waals surface area contributed by atoms with Crippen LogP contribution in [0, 0.1) is 0 Å². The summed E-state index contributed by atoms with van der Waals surface area (Å²) in [5.74, 6) is -1.35. The van der Waals surface area contributed by atoms with Crippen molar-refractivity contribution in [1.82, 2.24) is 0 Å². The lowest BCUT2D eigenvalue weighted by Crippen LogP contribution is -2.37. The first-order valence-electron chi connectivity index (χ1n) is 11.4. The fourth-order valence-electron chi connectivity index (χ4n) is 2.14. The molecule has 0 rings (SSSR count). The minimum absolute atomic E-state index is 0.000105. The number of esters is 2. The van der Waals surface area contributed by atoms with E-state index >= 15 is 0 Å². The normalized spacial score (nSPS) is 15.4. The van der Waals surface area contributed by atoms with E-state index < -0.39 is 32.5 Å². The van der Waals surface area contributed by atoms with Crippen LogP contribution in [0.4, 0.5) is 0 Å². The Morgan fingerprint density at radius 2 is 1.44 bits per heavy atom. The van der Waals surface area contributed by atoms with Gasteiger partial charge < -0.3 is 18.9 Å². The number of allylic oxidation sites excluding steroid dienone is 6. The van der Waals surface area contributed by atoms with E-state index in [1.54, 1.807) is 18.2 Å². The third-order valence-corrected chi connectivity index (χ3v) is 4.99. The average Bonchev–Trinajstić information content (AvgIpc) is 2.74. The van der Waals surface area contributed by atoms with Crippen molar-refractivity contribution in [2.45, 2.75) is 45.6 Å². The van der Waals surface area contributed by atoms with Crippen molar-refractivity contribution in [3.8, 4) is 0 Å². The second kappa shape index (κ2) is 18.3. The zero-order chi connectivity index (χ0) is 25.9. The van der Waals surface area contributed by atoms with Gasteiger partial charge in [-0.3, -0.25) is 9.05 Å². The van der Waals surface area contributed by atoms with Crippen LogP contribution >= 0.6 is 7.82 Å². The summed E-state index contributed by atoms with van der Waals surface area (Å²) in [6.45, 7) is 3.72. The number of carbonyl (C=O) groups excluding carboxylic acids is 2. The molecule has 0 radical (unpaired) electrons. The highest BCUT2D eigenvalue weighted by molar-refractivity contribution is 7.47. The van der Waals surface area contributed by atoms with E-state index in [-0.39, 0.29) is 13.2 Å². The molecule has 0 aliphatic rings. The summed E-state index contributed by atoms with van der Waals surface area (Å²) < 4.78 is 32.9. The van der Waals surface area contributed by atoms with Crippen molar-refractivity contribution in [3.63, 3.8) is 0 Å². The van der Waals surface area contributed by atoms with Crippen LogP contribution in [0.5, 0.6) is 0 Å². The van der Waals surface area contributed by atoms with Crippen molar-refractivity contribution >= 4 is 19.8 Å². The van der Waals surface area contributed by atoms with Gasteiger partial charge in [-0.05, 0) is 12.8 Å². The zero-order valence-corrected chi connectivity index (χ0v) is 21.9. The van der Waals surface area contributed by atoms with Gasteiger partial charge in [0.25, 0.3) is 0 Å². The Kier molecular flexibility index (Phi) is 17.2. The van der Waals surface area contributed by atoms with Crippen LogP contribution < -0.4 is 0 Å². The van der Waals surface area contributed by atoms with Crippen molar-refractivity contribution < 1.29 is 42.1 Å². The van der Waals surface area contributed by atoms with Crippen molar-refractivity contribution in [2.75, 3.05) is 47.5 Å². The molecule has 0 aliphatic heterocycles. The summed E-state index contributed by atoms with van der Waals surface area (Å²) in [6, 6.07) is 0. The van der Waals surface area contributed by atoms with Gasteiger partial charge in [0, 0.05) is 12.2 Å². The Morgan fingerprint density at radius 3 is 1.97 bits per heavy atom. The fraction of sp³-hybridized carbons (Fsp3) is 0.583. The lowest BCUT2D eigenvalue weighted by atomic mass is 10.3. The third-order valence-electron chi connectivity index (χ3n) is 4.00. The minimum atomic E-state index is -4.38. The molecule has 194 valence electrons. The number of hydrogen-bond donors (Lipinski definition) is 1. The first-order chi connectivity index (χ1) is 16.0. The Labute approximate surface area is 203 Å². The maximum atomic E-state index is 12.1. The molecule has 2 atom stereocenters. The number of likely N-dealkylation sites (N-methyl/N-ethyl adjacent to an activating group) is 1. The number of hydrogen-bond acceptors (Lipinski definition) is 7. The highest BCUT2D eigenvalue weighted by Gasteiger charge is 2.26. The average molecular weight is 503 g/mol. The monoisotopic (exact) mass is 502 g/mol. The SMILES string of the molecule is CCC/C=C/C=C/C(=O)OCC(COP(=O)(O)OCC[N+](C)(C)C)OC(=O)/C=C/C=C/CCC. The highest BCUT2D eigenvalue weighted by Crippen LogP contribution is 2.43. The second-order valence-electron chi connectivity index (χ2n) is 8.45. The van der Waals surface area contributed by atoms with Gasteiger partial charge in [0.1, 0.15) is 19.8 Å². The fourth-order valence-corrected chi connectivity index (χ4v) is 2.88. The number of phosphoric ester groups is 1. The molecule has 0 aliphatic carbocycles. The number of quaternary nitrogens is 1. The standard InChI is InChI=1S/C24H40NO8P/c1-6-8-10-12-14-16-23(26)30-20-22(33-24(27)17-15-13-11-9-7-2)21-32-34(28,29)31-19-18-25(3,4)5/h10-17,22H,6-9,18-21H2,1-5H3/p+1/b12-10+,13-11+,16-14+,17-15+. The number of phosphoric acid groups is 1. The summed E-state index contributed by atoms with van der Waals surface area (Å²) in [4.78, 5) is 33.9. The molecule has 0 aromatic rings. The molecule has 1 N–H and O–H groups in total. The van der Waals surface area contributed by atoms with Crippen LogP contribution in [0.15, 0.2) is 48.6 Å². The van der Waals surface area contributed by atoms with Gasteiger partial charge in [-0.15, -0.1) is 0 Å². The molecular formula is C24H41NO8P+. The molecule has 0 bridgehead atoms. The van der Waals surface area contributed by atoms with Crippen molar-refractivity contribution in [2.24, 2.45) is 0 Å². The zero-order valence-electron chi connectivity index (χ0n) is 21.1. The summed E-state index contributed by atoms with van der Waals surface area (Å²) in [5.41, 5.74) is 0. The summed E-state index contributed by atoms with van der Waals surface area (Å²) in [6.07, 6.45) is 15.4. The summed E-state index contributed by atoms with van der Waals surface area (Å²) in [5, 5.41) is 0. The highest BCUT2D eigenvalue weighted by atomic mass is 31.2. The van der Waals surface area contributed by atoms with E-state index in [0.29, 0.717) is 11.0 Å². The van der Waals surface area contributed by atoms with Crippen LogP contribution in [-0.4, -0.2) is 74.9 Å². The summed E-state index contributed by atoms with van der Waals surface area (Å²) in [7, 11) is 1.36. The van der Waals surface area contributed by atoms with Crippen LogP contribution in [0.25, 0.3) is 0 Å². The first-order valence-corrected chi connectivity index (χ1v) is 12.9. The van der Waals surface area contributed by atoms with Gasteiger partial charge in [0.15, 0.2) is 6.10 Å². The Hall–Kier alpha value is -2.03. The number of carbonyl (C=O) groups is 2. The maximum absolute atomic E-state index is 12.1. The smallest absolute Gasteiger partial charge is 0.458 e. The molecule has 0 amide bonds. The predicted molar refractivity (Wildman–Crippen MR) is 132 cm³/mol. The van der Waals surface area contributed by atoms with Crippen LogP contribution in [0.1, 0.15) is 39.5 Å². The van der Waals surface area contributed by atoms with E-state index in [4.69, 9.17) is 18.5 Å². The lowest BCUT2D eigenvalue weighted by Gasteiger charge is -2.24. The van der Waals surface area contributed by atoms with Crippen LogP contribution in [0.2, 0.25) is 0 Å². The van der Waals surface area contributed by atoms with E-state index in [0.717, 1.165) is 25.7 Å². The van der Waals surface area contributed by atoms with Crippen molar-refractivity contribution in [3.05, 3.63) is 48.6 Å². The lowest BCUT2D eigenvalue weighted by molar-refractivity contribution is -0.870. The Bertz CT molecular complexity index is 753. The number of rotatable bonds is 18. The van der Waals surface area contributed by atoms with Crippen molar-refractivity contribution in [1.29, 1.82) is 0 Å². The van der Waals surface area contributed by atoms with E-state index in [9.17, 15) is 19.0 Å². The van der Waals surface area contributed by atoms with Gasteiger partial charge in [-0.2, -0.15) is 0 Å². The van der Waals surface area contributed by atoms with Crippen LogP contribution in [-0.2, 0) is 32.7 Å². The van der Waals surface area contributed by atoms with Crippen LogP contribution in [0.3, 0.4) is 0 Å². The van der Waals surface area contributed by atoms with Gasteiger partial charge in [0.05, 0.1) is 27.7 Å². The summed E-state index contributed by atoms with van der Waals surface area (Å²) >= 11 is 0. The molecule has 0 fully saturated rings. The molecule has 0 saturated carbocycles. The van der Waals surface area contributed by atoms with Gasteiger partial charge >= 0.3 is 19.8 Å². The maximum Gasteiger partial charge on any atom is 0.472 e. The van der Waals surface area contributed by atoms with E-state index in [1.807, 2.05) is 47.1 Å². The Morgan fingerprint density at radius 1 is 0.882 bits per heavy atom. The number of ether oxygens (including phenoxy) is 2. The molecule has 0 aromatic heterocycles. The largest absolute Gasteiger partial charge is 0.472 e. The Balaban J connectivity index is 4.93. The minimum Gasteiger partial charge on any atom is -0.458 e. The number of unbranched alkanes of at least 4 members (excludes halogenated alkanes) is 2. The quantitative estimate of drug-likeness (QED) is 0.0981. The third kappa shape index (κ3) is 20.6. The molecule has 0 spiro atoms. The molecule has 34 heavy (non-hydrogen) atoms. The second-order valence-corrected chi connectivity index (χ2v) is 9.91. The van der Waals surface area contributed by atoms with Gasteiger partial charge in [-0.25, -0.2) is 14.2 Å². The number of nitrogens with zero attached hydrogens (tertiary/aromatic N) is 1. The molecule has 10 heteroatoms.